The summed E-state index contributed by atoms with van der Waals surface area (Å²) in [6, 6.07) is 15.4. The van der Waals surface area contributed by atoms with Crippen LogP contribution >= 0.6 is 0 Å². The van der Waals surface area contributed by atoms with Crippen molar-refractivity contribution < 1.29 is 23.5 Å². The van der Waals surface area contributed by atoms with Gasteiger partial charge in [-0.3, -0.25) is 4.79 Å². The molecule has 1 aromatic heterocycles. The van der Waals surface area contributed by atoms with Crippen molar-refractivity contribution in [3.8, 4) is 5.75 Å². The van der Waals surface area contributed by atoms with Crippen LogP contribution in [0.25, 0.3) is 11.0 Å². The number of benzene rings is 2. The van der Waals surface area contributed by atoms with Crippen LogP contribution in [-0.2, 0) is 14.3 Å². The Hall–Kier alpha value is -3.61. The highest BCUT2D eigenvalue weighted by Gasteiger charge is 2.31. The molecule has 160 valence electrons. The fraction of sp³-hybridized carbons (Fsp3) is 0.292. The maximum atomic E-state index is 12.9. The monoisotopic (exact) mass is 421 g/mol. The molecule has 31 heavy (non-hydrogen) atoms. The Kier molecular flexibility index (Phi) is 6.02. The van der Waals surface area contributed by atoms with Crippen molar-refractivity contribution in [1.82, 2.24) is 4.90 Å². The summed E-state index contributed by atoms with van der Waals surface area (Å²) in [5.41, 5.74) is 1.34. The molecule has 7 heteroatoms. The number of carbonyl (C=O) groups is 2. The number of esters is 1. The Labute approximate surface area is 179 Å². The molecule has 2 aromatic carbocycles. The summed E-state index contributed by atoms with van der Waals surface area (Å²) in [5.74, 6) is -0.521. The van der Waals surface area contributed by atoms with E-state index in [2.05, 4.69) is 0 Å². The summed E-state index contributed by atoms with van der Waals surface area (Å²) in [7, 11) is 0. The summed E-state index contributed by atoms with van der Waals surface area (Å²) in [5, 5.41) is 0.787. The van der Waals surface area contributed by atoms with Gasteiger partial charge < -0.3 is 18.8 Å². The van der Waals surface area contributed by atoms with Gasteiger partial charge in [0.15, 0.2) is 6.61 Å². The summed E-state index contributed by atoms with van der Waals surface area (Å²) in [6.07, 6.45) is 0.886. The third-order valence-corrected chi connectivity index (χ3v) is 5.27. The van der Waals surface area contributed by atoms with Crippen molar-refractivity contribution in [2.45, 2.75) is 25.9 Å². The number of likely N-dealkylation sites (tertiary alicyclic amines) is 1. The Morgan fingerprint density at radius 1 is 1.06 bits per heavy atom. The van der Waals surface area contributed by atoms with Gasteiger partial charge in [-0.25, -0.2) is 9.59 Å². The van der Waals surface area contributed by atoms with Crippen LogP contribution in [0.3, 0.4) is 0 Å². The van der Waals surface area contributed by atoms with E-state index in [1.165, 1.54) is 6.07 Å². The minimum Gasteiger partial charge on any atom is -0.482 e. The lowest BCUT2D eigenvalue weighted by atomic mass is 10.1. The molecule has 7 nitrogen and oxygen atoms in total. The molecule has 0 aliphatic carbocycles. The molecule has 0 unspecified atom stereocenters. The van der Waals surface area contributed by atoms with Gasteiger partial charge in [-0.1, -0.05) is 30.3 Å². The van der Waals surface area contributed by atoms with Crippen LogP contribution in [0.1, 0.15) is 30.1 Å². The Morgan fingerprint density at radius 2 is 1.81 bits per heavy atom. The minimum atomic E-state index is -1.01. The molecule has 1 aliphatic heterocycles. The van der Waals surface area contributed by atoms with Crippen LogP contribution in [0.5, 0.6) is 5.75 Å². The van der Waals surface area contributed by atoms with E-state index < -0.39 is 17.7 Å². The van der Waals surface area contributed by atoms with Crippen molar-refractivity contribution in [2.24, 2.45) is 0 Å². The number of aryl methyl sites for hydroxylation is 1. The number of hydrogen-bond donors (Lipinski definition) is 0. The van der Waals surface area contributed by atoms with Crippen LogP contribution in [0.15, 0.2) is 63.8 Å². The average Bonchev–Trinajstić information content (AvgIpc) is 3.31. The summed E-state index contributed by atoms with van der Waals surface area (Å²) in [4.78, 5) is 38.7. The van der Waals surface area contributed by atoms with E-state index in [0.717, 1.165) is 23.8 Å². The molecule has 4 rings (SSSR count). The van der Waals surface area contributed by atoms with E-state index in [0.29, 0.717) is 30.0 Å². The molecule has 1 amide bonds. The zero-order chi connectivity index (χ0) is 21.8. The number of amides is 1. The second kappa shape index (κ2) is 9.04. The van der Waals surface area contributed by atoms with Gasteiger partial charge in [-0.15, -0.1) is 0 Å². The zero-order valence-corrected chi connectivity index (χ0v) is 17.2. The molecule has 0 bridgehead atoms. The summed E-state index contributed by atoms with van der Waals surface area (Å²) >= 11 is 0. The Morgan fingerprint density at radius 3 is 2.55 bits per heavy atom. The molecular weight excluding hydrogens is 398 g/mol. The van der Waals surface area contributed by atoms with Gasteiger partial charge in [0.2, 0.25) is 6.10 Å². The summed E-state index contributed by atoms with van der Waals surface area (Å²) in [6.45, 7) is 2.77. The van der Waals surface area contributed by atoms with Crippen molar-refractivity contribution in [3.63, 3.8) is 0 Å². The van der Waals surface area contributed by atoms with Gasteiger partial charge in [0.25, 0.3) is 5.91 Å². The number of nitrogens with zero attached hydrogens (tertiary/aromatic N) is 1. The van der Waals surface area contributed by atoms with E-state index in [-0.39, 0.29) is 12.5 Å². The number of fused-ring (bicyclic) bond motifs is 1. The normalized spacial score (nSPS) is 14.4. The van der Waals surface area contributed by atoms with Crippen LogP contribution < -0.4 is 10.4 Å². The van der Waals surface area contributed by atoms with Gasteiger partial charge in [-0.2, -0.15) is 0 Å². The average molecular weight is 421 g/mol. The third kappa shape index (κ3) is 4.77. The van der Waals surface area contributed by atoms with Gasteiger partial charge >= 0.3 is 11.6 Å². The molecular formula is C24H23NO6. The fourth-order valence-electron chi connectivity index (χ4n) is 3.69. The molecule has 1 atom stereocenters. The number of rotatable bonds is 6. The second-order valence-corrected chi connectivity index (χ2v) is 7.51. The van der Waals surface area contributed by atoms with E-state index in [4.69, 9.17) is 13.9 Å². The standard InChI is InChI=1S/C24H23NO6/c1-16-13-21(26)30-20-14-18(9-10-19(16)20)29-15-22(27)31-23(17-7-3-2-4-8-17)24(28)25-11-5-6-12-25/h2-4,7-10,13-14,23H,5-6,11-12,15H2,1H3/t23-/m0/s1. The van der Waals surface area contributed by atoms with Gasteiger partial charge in [0.05, 0.1) is 0 Å². The molecule has 0 spiro atoms. The molecule has 3 aromatic rings. The first-order valence-corrected chi connectivity index (χ1v) is 10.2. The number of carbonyl (C=O) groups excluding carboxylic acids is 2. The van der Waals surface area contributed by atoms with Crippen LogP contribution in [0.4, 0.5) is 0 Å². The predicted molar refractivity (Wildman–Crippen MR) is 114 cm³/mol. The minimum absolute atomic E-state index is 0.222. The van der Waals surface area contributed by atoms with E-state index in [9.17, 15) is 14.4 Å². The highest BCUT2D eigenvalue weighted by molar-refractivity contribution is 5.85. The molecule has 1 aliphatic rings. The molecule has 2 heterocycles. The lowest BCUT2D eigenvalue weighted by molar-refractivity contribution is -0.162. The SMILES string of the molecule is Cc1cc(=O)oc2cc(OCC(=O)O[C@H](C(=O)N3CCCC3)c3ccccc3)ccc12. The topological polar surface area (TPSA) is 86.0 Å². The van der Waals surface area contributed by atoms with E-state index >= 15 is 0 Å². The van der Waals surface area contributed by atoms with Gasteiger partial charge in [0.1, 0.15) is 11.3 Å². The lowest BCUT2D eigenvalue weighted by Crippen LogP contribution is -2.35. The summed E-state index contributed by atoms with van der Waals surface area (Å²) < 4.78 is 16.3. The molecule has 0 saturated carbocycles. The van der Waals surface area contributed by atoms with E-state index in [1.54, 1.807) is 47.4 Å². The number of hydrogen-bond acceptors (Lipinski definition) is 6. The molecule has 1 saturated heterocycles. The van der Waals surface area contributed by atoms with Gasteiger partial charge in [0, 0.05) is 36.2 Å². The Balaban J connectivity index is 1.46. The quantitative estimate of drug-likeness (QED) is 0.448. The van der Waals surface area contributed by atoms with Crippen molar-refractivity contribution in [1.29, 1.82) is 0 Å². The maximum Gasteiger partial charge on any atom is 0.345 e. The first-order valence-electron chi connectivity index (χ1n) is 10.2. The van der Waals surface area contributed by atoms with Crippen LogP contribution in [0.2, 0.25) is 0 Å². The van der Waals surface area contributed by atoms with Crippen molar-refractivity contribution >= 4 is 22.8 Å². The largest absolute Gasteiger partial charge is 0.482 e. The van der Waals surface area contributed by atoms with Crippen LogP contribution in [0, 0.1) is 6.92 Å². The fourth-order valence-corrected chi connectivity index (χ4v) is 3.69. The van der Waals surface area contributed by atoms with Crippen molar-refractivity contribution in [3.05, 3.63) is 76.1 Å². The molecule has 1 fully saturated rings. The smallest absolute Gasteiger partial charge is 0.345 e. The van der Waals surface area contributed by atoms with Crippen LogP contribution in [-0.4, -0.2) is 36.5 Å². The van der Waals surface area contributed by atoms with Crippen molar-refractivity contribution in [2.75, 3.05) is 19.7 Å². The molecule has 0 N–H and O–H groups in total. The first kappa shape index (κ1) is 20.7. The number of ether oxygens (including phenoxy) is 2. The predicted octanol–water partition coefficient (Wildman–Crippen LogP) is 3.39. The van der Waals surface area contributed by atoms with E-state index in [1.807, 2.05) is 13.0 Å². The second-order valence-electron chi connectivity index (χ2n) is 7.51. The third-order valence-electron chi connectivity index (χ3n) is 5.27. The highest BCUT2D eigenvalue weighted by atomic mass is 16.6. The maximum absolute atomic E-state index is 12.9. The Bertz CT molecular complexity index is 1150. The highest BCUT2D eigenvalue weighted by Crippen LogP contribution is 2.24. The first-order chi connectivity index (χ1) is 15.0. The lowest BCUT2D eigenvalue weighted by Gasteiger charge is -2.23. The van der Waals surface area contributed by atoms with Gasteiger partial charge in [-0.05, 0) is 37.5 Å². The zero-order valence-electron chi connectivity index (χ0n) is 17.2. The molecule has 0 radical (unpaired) electrons.